The molecular weight excluding hydrogens is 150 g/mol. The monoisotopic (exact) mass is 167 g/mol. The van der Waals surface area contributed by atoms with Crippen LogP contribution in [0.3, 0.4) is 0 Å². The zero-order chi connectivity index (χ0) is 9.23. The Morgan fingerprint density at radius 2 is 1.58 bits per heavy atom. The Morgan fingerprint density at radius 3 is 1.83 bits per heavy atom. The smallest absolute Gasteiger partial charge is 0.142 e. The van der Waals surface area contributed by atoms with Gasteiger partial charge >= 0.3 is 0 Å². The van der Waals surface area contributed by atoms with E-state index >= 15 is 0 Å². The van der Waals surface area contributed by atoms with Crippen LogP contribution in [0, 0.1) is 0 Å². The quantitative estimate of drug-likeness (QED) is 0.463. The van der Waals surface area contributed by atoms with Gasteiger partial charge in [0.1, 0.15) is 6.29 Å². The molecule has 0 N–H and O–H groups in total. The number of piperidine rings is 1. The first kappa shape index (κ1) is 11.0. The molecule has 0 amide bonds. The number of aldehydes is 1. The van der Waals surface area contributed by atoms with E-state index in [1.165, 1.54) is 38.4 Å². The Morgan fingerprint density at radius 1 is 1.08 bits per heavy atom. The predicted octanol–water partition coefficient (Wildman–Crippen LogP) is 1.99. The molecule has 0 spiro atoms. The highest BCUT2D eigenvalue weighted by Gasteiger charge is 2.02. The van der Waals surface area contributed by atoms with Crippen LogP contribution in [0.5, 0.6) is 0 Å². The Labute approximate surface area is 74.6 Å². The van der Waals surface area contributed by atoms with E-state index in [0.29, 0.717) is 6.29 Å². The minimum Gasteiger partial charge on any atom is -0.378 e. The van der Waals surface area contributed by atoms with Crippen molar-refractivity contribution in [1.82, 2.24) is 4.90 Å². The van der Waals surface area contributed by atoms with Crippen molar-refractivity contribution in [3.63, 3.8) is 0 Å². The maximum Gasteiger partial charge on any atom is 0.142 e. The molecule has 12 heavy (non-hydrogen) atoms. The SMILES string of the molecule is C=CC=O.C=CN1CCCCC1. The van der Waals surface area contributed by atoms with Gasteiger partial charge in [0.05, 0.1) is 0 Å². The highest BCUT2D eigenvalue weighted by atomic mass is 16.1. The zero-order valence-corrected chi connectivity index (χ0v) is 7.54. The van der Waals surface area contributed by atoms with Crippen LogP contribution in [-0.4, -0.2) is 24.3 Å². The lowest BCUT2D eigenvalue weighted by Gasteiger charge is -2.23. The van der Waals surface area contributed by atoms with E-state index in [1.807, 2.05) is 6.20 Å². The molecule has 0 aromatic rings. The molecule has 1 heterocycles. The van der Waals surface area contributed by atoms with Crippen LogP contribution < -0.4 is 0 Å². The largest absolute Gasteiger partial charge is 0.378 e. The first-order valence-electron chi connectivity index (χ1n) is 4.28. The van der Waals surface area contributed by atoms with Gasteiger partial charge in [0.2, 0.25) is 0 Å². The van der Waals surface area contributed by atoms with E-state index in [2.05, 4.69) is 18.1 Å². The number of allylic oxidation sites excluding steroid dienone is 1. The van der Waals surface area contributed by atoms with E-state index < -0.39 is 0 Å². The van der Waals surface area contributed by atoms with Crippen molar-refractivity contribution in [2.45, 2.75) is 19.3 Å². The second kappa shape index (κ2) is 8.05. The Balaban J connectivity index is 0.000000261. The maximum absolute atomic E-state index is 9.06. The van der Waals surface area contributed by atoms with Crippen LogP contribution in [0.2, 0.25) is 0 Å². The highest BCUT2D eigenvalue weighted by molar-refractivity contribution is 5.63. The second-order valence-corrected chi connectivity index (χ2v) is 2.65. The first-order valence-corrected chi connectivity index (χ1v) is 4.28. The molecule has 1 fully saturated rings. The summed E-state index contributed by atoms with van der Waals surface area (Å²) in [4.78, 5) is 11.3. The average Bonchev–Trinajstić information content (AvgIpc) is 2.19. The van der Waals surface area contributed by atoms with Crippen molar-refractivity contribution in [1.29, 1.82) is 0 Å². The van der Waals surface area contributed by atoms with Crippen LogP contribution in [0.1, 0.15) is 19.3 Å². The Hall–Kier alpha value is -1.05. The van der Waals surface area contributed by atoms with E-state index in [4.69, 9.17) is 4.79 Å². The molecule has 0 bridgehead atoms. The van der Waals surface area contributed by atoms with Crippen LogP contribution in [-0.2, 0) is 4.79 Å². The number of hydrogen-bond acceptors (Lipinski definition) is 2. The lowest BCUT2D eigenvalue weighted by molar-refractivity contribution is -0.104. The molecule has 2 heteroatoms. The third-order valence-electron chi connectivity index (χ3n) is 1.75. The molecule has 2 nitrogen and oxygen atoms in total. The molecule has 1 aliphatic heterocycles. The maximum atomic E-state index is 9.06. The van der Waals surface area contributed by atoms with Gasteiger partial charge in [-0.05, 0) is 31.5 Å². The van der Waals surface area contributed by atoms with Crippen molar-refractivity contribution in [2.24, 2.45) is 0 Å². The van der Waals surface area contributed by atoms with Gasteiger partial charge in [0, 0.05) is 13.1 Å². The summed E-state index contributed by atoms with van der Waals surface area (Å²) in [5.74, 6) is 0. The fraction of sp³-hybridized carbons (Fsp3) is 0.500. The van der Waals surface area contributed by atoms with Gasteiger partial charge in [-0.25, -0.2) is 0 Å². The molecule has 0 unspecified atom stereocenters. The summed E-state index contributed by atoms with van der Waals surface area (Å²) in [5, 5.41) is 0. The molecule has 1 saturated heterocycles. The molecule has 68 valence electrons. The molecule has 0 radical (unpaired) electrons. The van der Waals surface area contributed by atoms with Gasteiger partial charge in [0.15, 0.2) is 0 Å². The lowest BCUT2D eigenvalue weighted by Crippen LogP contribution is -2.23. The third kappa shape index (κ3) is 5.71. The number of likely N-dealkylation sites (tertiary alicyclic amines) is 1. The summed E-state index contributed by atoms with van der Waals surface area (Å²) in [6, 6.07) is 0. The standard InChI is InChI=1S/C7H13N.C3H4O/c1-2-8-6-4-3-5-7-8;1-2-3-4/h2H,1,3-7H2;2-3H,1H2. The number of rotatable bonds is 2. The van der Waals surface area contributed by atoms with Crippen molar-refractivity contribution in [3.05, 3.63) is 25.4 Å². The molecule has 0 saturated carbocycles. The first-order chi connectivity index (χ1) is 5.85. The fourth-order valence-corrected chi connectivity index (χ4v) is 1.10. The van der Waals surface area contributed by atoms with Gasteiger partial charge in [-0.1, -0.05) is 13.2 Å². The number of hydrogen-bond donors (Lipinski definition) is 0. The van der Waals surface area contributed by atoms with E-state index in [0.717, 1.165) is 0 Å². The summed E-state index contributed by atoms with van der Waals surface area (Å²) < 4.78 is 0. The molecule has 1 aliphatic rings. The normalized spacial score (nSPS) is 15.5. The molecule has 0 aliphatic carbocycles. The number of nitrogens with zero attached hydrogens (tertiary/aromatic N) is 1. The van der Waals surface area contributed by atoms with Gasteiger partial charge < -0.3 is 4.90 Å². The molecule has 0 atom stereocenters. The number of carbonyl (C=O) groups excluding carboxylic acids is 1. The minimum absolute atomic E-state index is 0.639. The van der Waals surface area contributed by atoms with Gasteiger partial charge in [-0.3, -0.25) is 4.79 Å². The summed E-state index contributed by atoms with van der Waals surface area (Å²) >= 11 is 0. The summed E-state index contributed by atoms with van der Waals surface area (Å²) in [6.45, 7) is 9.27. The second-order valence-electron chi connectivity index (χ2n) is 2.65. The van der Waals surface area contributed by atoms with Crippen molar-refractivity contribution >= 4 is 6.29 Å². The average molecular weight is 167 g/mol. The summed E-state index contributed by atoms with van der Waals surface area (Å²) in [7, 11) is 0. The summed E-state index contributed by atoms with van der Waals surface area (Å²) in [6.07, 6.45) is 7.89. The number of carbonyl (C=O) groups is 1. The van der Waals surface area contributed by atoms with Gasteiger partial charge in [-0.2, -0.15) is 0 Å². The Kier molecular flexibility index (Phi) is 7.35. The van der Waals surface area contributed by atoms with Gasteiger partial charge in [-0.15, -0.1) is 0 Å². The van der Waals surface area contributed by atoms with Gasteiger partial charge in [0.25, 0.3) is 0 Å². The highest BCUT2D eigenvalue weighted by Crippen LogP contribution is 2.07. The minimum atomic E-state index is 0.639. The van der Waals surface area contributed by atoms with Crippen LogP contribution >= 0.6 is 0 Å². The van der Waals surface area contributed by atoms with Crippen LogP contribution in [0.15, 0.2) is 25.4 Å². The van der Waals surface area contributed by atoms with Crippen molar-refractivity contribution < 1.29 is 4.79 Å². The molecule has 1 rings (SSSR count). The van der Waals surface area contributed by atoms with E-state index in [1.54, 1.807) is 0 Å². The van der Waals surface area contributed by atoms with Crippen molar-refractivity contribution in [2.75, 3.05) is 13.1 Å². The van der Waals surface area contributed by atoms with Crippen molar-refractivity contribution in [3.8, 4) is 0 Å². The molecule has 0 aromatic carbocycles. The summed E-state index contributed by atoms with van der Waals surface area (Å²) in [5.41, 5.74) is 0. The van der Waals surface area contributed by atoms with E-state index in [9.17, 15) is 0 Å². The third-order valence-corrected chi connectivity index (χ3v) is 1.75. The van der Waals surface area contributed by atoms with E-state index in [-0.39, 0.29) is 0 Å². The topological polar surface area (TPSA) is 20.3 Å². The fourth-order valence-electron chi connectivity index (χ4n) is 1.10. The lowest BCUT2D eigenvalue weighted by atomic mass is 10.1. The van der Waals surface area contributed by atoms with Crippen LogP contribution in [0.25, 0.3) is 0 Å². The van der Waals surface area contributed by atoms with Crippen LogP contribution in [0.4, 0.5) is 0 Å². The molecular formula is C10H17NO. The zero-order valence-electron chi connectivity index (χ0n) is 7.54. The predicted molar refractivity (Wildman–Crippen MR) is 51.9 cm³/mol. The Bertz CT molecular complexity index is 131. The molecule has 0 aromatic heterocycles.